The summed E-state index contributed by atoms with van der Waals surface area (Å²) in [4.78, 5) is 12.6. The number of nitrogens with one attached hydrogen (secondary N) is 1. The Morgan fingerprint density at radius 3 is 2.52 bits per heavy atom. The predicted octanol–water partition coefficient (Wildman–Crippen LogP) is 4.27. The minimum Gasteiger partial charge on any atom is -0.478 e. The summed E-state index contributed by atoms with van der Waals surface area (Å²) in [6.45, 7) is 4.77. The number of carbonyl (C=O) groups is 1. The van der Waals surface area contributed by atoms with Crippen molar-refractivity contribution in [3.05, 3.63) is 46.7 Å². The van der Waals surface area contributed by atoms with E-state index < -0.39 is 5.60 Å². The van der Waals surface area contributed by atoms with Gasteiger partial charge < -0.3 is 10.1 Å². The average molecular weight is 388 g/mol. The SMILES string of the molecule is CC(C)(Oc1ccc(Cl)cc1)C(=O)NCCn1nc(C2CC2)cc1C1CC1. The molecule has 0 unspecified atom stereocenters. The lowest BCUT2D eigenvalue weighted by atomic mass is 10.1. The summed E-state index contributed by atoms with van der Waals surface area (Å²) in [7, 11) is 0. The summed E-state index contributed by atoms with van der Waals surface area (Å²) in [5, 5.41) is 8.42. The lowest BCUT2D eigenvalue weighted by Crippen LogP contribution is -2.47. The van der Waals surface area contributed by atoms with Crippen LogP contribution in [-0.4, -0.2) is 27.8 Å². The molecule has 0 atom stereocenters. The van der Waals surface area contributed by atoms with Gasteiger partial charge >= 0.3 is 0 Å². The first-order valence-corrected chi connectivity index (χ1v) is 10.1. The molecule has 2 saturated carbocycles. The van der Waals surface area contributed by atoms with Crippen molar-refractivity contribution in [3.8, 4) is 5.75 Å². The van der Waals surface area contributed by atoms with Crippen LogP contribution >= 0.6 is 11.6 Å². The van der Waals surface area contributed by atoms with E-state index in [4.69, 9.17) is 21.4 Å². The van der Waals surface area contributed by atoms with Crippen molar-refractivity contribution in [3.63, 3.8) is 0 Å². The number of benzene rings is 1. The first kappa shape index (κ1) is 18.4. The topological polar surface area (TPSA) is 56.1 Å². The molecule has 144 valence electrons. The van der Waals surface area contributed by atoms with Crippen LogP contribution < -0.4 is 10.1 Å². The van der Waals surface area contributed by atoms with E-state index in [2.05, 4.69) is 16.1 Å². The third kappa shape index (κ3) is 4.46. The maximum absolute atomic E-state index is 12.6. The Labute approximate surface area is 165 Å². The van der Waals surface area contributed by atoms with Crippen LogP contribution in [0.25, 0.3) is 0 Å². The molecule has 6 heteroatoms. The number of nitrogens with zero attached hydrogens (tertiary/aromatic N) is 2. The molecule has 1 N–H and O–H groups in total. The number of carbonyl (C=O) groups excluding carboxylic acids is 1. The van der Waals surface area contributed by atoms with E-state index in [0.717, 1.165) is 0 Å². The van der Waals surface area contributed by atoms with E-state index in [9.17, 15) is 4.79 Å². The number of halogens is 1. The minimum absolute atomic E-state index is 0.139. The first-order chi connectivity index (χ1) is 12.9. The van der Waals surface area contributed by atoms with E-state index in [0.29, 0.717) is 35.7 Å². The quantitative estimate of drug-likeness (QED) is 0.736. The Hall–Kier alpha value is -2.01. The van der Waals surface area contributed by atoms with Crippen molar-refractivity contribution in [2.24, 2.45) is 0 Å². The molecule has 0 saturated heterocycles. The van der Waals surface area contributed by atoms with Crippen LogP contribution in [0.1, 0.15) is 62.8 Å². The number of hydrogen-bond donors (Lipinski definition) is 1. The fraction of sp³-hybridized carbons (Fsp3) is 0.524. The van der Waals surface area contributed by atoms with Crippen molar-refractivity contribution in [2.45, 2.75) is 63.5 Å². The number of hydrogen-bond acceptors (Lipinski definition) is 3. The van der Waals surface area contributed by atoms with Gasteiger partial charge in [0.1, 0.15) is 5.75 Å². The molecular weight excluding hydrogens is 362 g/mol. The third-order valence-electron chi connectivity index (χ3n) is 5.16. The van der Waals surface area contributed by atoms with E-state index in [1.165, 1.54) is 37.1 Å². The molecule has 1 aromatic carbocycles. The summed E-state index contributed by atoms with van der Waals surface area (Å²) in [6, 6.07) is 9.31. The molecule has 2 aliphatic carbocycles. The Bertz CT molecular complexity index is 820. The Morgan fingerprint density at radius 2 is 1.89 bits per heavy atom. The maximum atomic E-state index is 12.6. The normalized spacial score (nSPS) is 17.0. The van der Waals surface area contributed by atoms with Gasteiger partial charge in [0.2, 0.25) is 0 Å². The Kier molecular flexibility index (Phi) is 4.89. The smallest absolute Gasteiger partial charge is 0.263 e. The first-order valence-electron chi connectivity index (χ1n) is 9.73. The van der Waals surface area contributed by atoms with Gasteiger partial charge in [-0.2, -0.15) is 5.10 Å². The van der Waals surface area contributed by atoms with Gasteiger partial charge in [-0.1, -0.05) is 11.6 Å². The summed E-state index contributed by atoms with van der Waals surface area (Å²) >= 11 is 5.89. The predicted molar refractivity (Wildman–Crippen MR) is 105 cm³/mol. The summed E-state index contributed by atoms with van der Waals surface area (Å²) in [5.74, 6) is 1.80. The standard InChI is InChI=1S/C21H26ClN3O2/c1-21(2,27-17-9-7-16(22)8-10-17)20(26)23-11-12-25-19(15-5-6-15)13-18(24-25)14-3-4-14/h7-10,13-15H,3-6,11-12H2,1-2H3,(H,23,26). The fourth-order valence-electron chi connectivity index (χ4n) is 3.25. The molecular formula is C21H26ClN3O2. The van der Waals surface area contributed by atoms with Crippen LogP contribution in [0, 0.1) is 0 Å². The number of aromatic nitrogens is 2. The van der Waals surface area contributed by atoms with Crippen LogP contribution in [0.4, 0.5) is 0 Å². The molecule has 27 heavy (non-hydrogen) atoms. The van der Waals surface area contributed by atoms with Crippen LogP contribution in [0.3, 0.4) is 0 Å². The van der Waals surface area contributed by atoms with Gasteiger partial charge in [-0.3, -0.25) is 9.48 Å². The van der Waals surface area contributed by atoms with Crippen molar-refractivity contribution in [1.82, 2.24) is 15.1 Å². The fourth-order valence-corrected chi connectivity index (χ4v) is 3.38. The lowest BCUT2D eigenvalue weighted by Gasteiger charge is -2.25. The van der Waals surface area contributed by atoms with Gasteiger partial charge in [0.15, 0.2) is 5.60 Å². The third-order valence-corrected chi connectivity index (χ3v) is 5.42. The Balaban J connectivity index is 1.33. The van der Waals surface area contributed by atoms with Crippen LogP contribution in [0.15, 0.2) is 30.3 Å². The molecule has 1 amide bonds. The molecule has 0 bridgehead atoms. The van der Waals surface area contributed by atoms with Crippen molar-refractivity contribution < 1.29 is 9.53 Å². The van der Waals surface area contributed by atoms with Crippen molar-refractivity contribution in [1.29, 1.82) is 0 Å². The van der Waals surface area contributed by atoms with Crippen LogP contribution in [0.5, 0.6) is 5.75 Å². The highest BCUT2D eigenvalue weighted by Gasteiger charge is 2.33. The largest absolute Gasteiger partial charge is 0.478 e. The zero-order valence-electron chi connectivity index (χ0n) is 15.9. The summed E-state index contributed by atoms with van der Waals surface area (Å²) < 4.78 is 7.94. The van der Waals surface area contributed by atoms with Gasteiger partial charge in [-0.25, -0.2) is 0 Å². The summed E-state index contributed by atoms with van der Waals surface area (Å²) in [6.07, 6.45) is 5.02. The molecule has 4 rings (SSSR count). The highest BCUT2D eigenvalue weighted by Crippen LogP contribution is 2.44. The Morgan fingerprint density at radius 1 is 1.22 bits per heavy atom. The monoisotopic (exact) mass is 387 g/mol. The van der Waals surface area contributed by atoms with E-state index >= 15 is 0 Å². The zero-order chi connectivity index (χ0) is 19.0. The molecule has 2 aliphatic rings. The second kappa shape index (κ2) is 7.19. The van der Waals surface area contributed by atoms with Crippen LogP contribution in [0.2, 0.25) is 5.02 Å². The molecule has 2 aromatic rings. The second-order valence-electron chi connectivity index (χ2n) is 8.09. The van der Waals surface area contributed by atoms with Crippen LogP contribution in [-0.2, 0) is 11.3 Å². The van der Waals surface area contributed by atoms with E-state index in [1.807, 2.05) is 0 Å². The molecule has 1 heterocycles. The molecule has 5 nitrogen and oxygen atoms in total. The van der Waals surface area contributed by atoms with Gasteiger partial charge in [-0.15, -0.1) is 0 Å². The molecule has 0 aliphatic heterocycles. The van der Waals surface area contributed by atoms with E-state index in [-0.39, 0.29) is 5.91 Å². The average Bonchev–Trinajstić information content (AvgIpc) is 3.55. The van der Waals surface area contributed by atoms with Gasteiger partial charge in [0.05, 0.1) is 12.2 Å². The van der Waals surface area contributed by atoms with Gasteiger partial charge in [-0.05, 0) is 69.9 Å². The van der Waals surface area contributed by atoms with Crippen molar-refractivity contribution in [2.75, 3.05) is 6.54 Å². The number of amides is 1. The van der Waals surface area contributed by atoms with E-state index in [1.54, 1.807) is 38.1 Å². The zero-order valence-corrected chi connectivity index (χ0v) is 16.6. The summed E-state index contributed by atoms with van der Waals surface area (Å²) in [5.41, 5.74) is 1.61. The number of ether oxygens (including phenoxy) is 1. The molecule has 1 aromatic heterocycles. The minimum atomic E-state index is -0.962. The second-order valence-corrected chi connectivity index (χ2v) is 8.52. The maximum Gasteiger partial charge on any atom is 0.263 e. The highest BCUT2D eigenvalue weighted by atomic mass is 35.5. The highest BCUT2D eigenvalue weighted by molar-refractivity contribution is 6.30. The van der Waals surface area contributed by atoms with Gasteiger partial charge in [0.25, 0.3) is 5.91 Å². The number of rotatable bonds is 8. The molecule has 0 spiro atoms. The lowest BCUT2D eigenvalue weighted by molar-refractivity contribution is -0.134. The van der Waals surface area contributed by atoms with Gasteiger partial charge in [0, 0.05) is 29.1 Å². The molecule has 0 radical (unpaired) electrons. The van der Waals surface area contributed by atoms with Crippen molar-refractivity contribution >= 4 is 17.5 Å². The molecule has 2 fully saturated rings.